The van der Waals surface area contributed by atoms with Crippen molar-refractivity contribution in [3.05, 3.63) is 59.8 Å². The van der Waals surface area contributed by atoms with E-state index in [1.165, 1.54) is 5.56 Å². The molecule has 0 radical (unpaired) electrons. The Balaban J connectivity index is 1.77. The largest absolute Gasteiger partial charge is 0.388 e. The van der Waals surface area contributed by atoms with Crippen molar-refractivity contribution in [3.63, 3.8) is 0 Å². The van der Waals surface area contributed by atoms with Crippen LogP contribution in [0.2, 0.25) is 0 Å². The minimum atomic E-state index is 0.352. The van der Waals surface area contributed by atoms with Gasteiger partial charge in [-0.2, -0.15) is 0 Å². The standard InChI is InChI=1S/C16H17N3S/c17-16(20)14-7-4-8-15(18-14)19-10-9-13(11-19)12-5-2-1-3-6-12/h1-8,13H,9-11H2,(H2,17,20). The number of rotatable bonds is 3. The second-order valence-electron chi connectivity index (χ2n) is 5.09. The highest BCUT2D eigenvalue weighted by molar-refractivity contribution is 7.80. The first kappa shape index (κ1) is 13.1. The van der Waals surface area contributed by atoms with Crippen LogP contribution in [0.5, 0.6) is 0 Å². The van der Waals surface area contributed by atoms with Gasteiger partial charge in [-0.1, -0.05) is 48.6 Å². The fourth-order valence-electron chi connectivity index (χ4n) is 2.70. The molecule has 1 fully saturated rings. The van der Waals surface area contributed by atoms with Crippen LogP contribution in [-0.4, -0.2) is 23.1 Å². The molecule has 0 saturated carbocycles. The normalized spacial score (nSPS) is 18.2. The monoisotopic (exact) mass is 283 g/mol. The van der Waals surface area contributed by atoms with Gasteiger partial charge in [0.25, 0.3) is 0 Å². The van der Waals surface area contributed by atoms with Gasteiger partial charge in [0.05, 0.1) is 5.69 Å². The highest BCUT2D eigenvalue weighted by atomic mass is 32.1. The van der Waals surface area contributed by atoms with Gasteiger partial charge in [0.1, 0.15) is 10.8 Å². The van der Waals surface area contributed by atoms with E-state index in [-0.39, 0.29) is 0 Å². The molecule has 1 aliphatic rings. The van der Waals surface area contributed by atoms with Crippen LogP contribution in [0.25, 0.3) is 0 Å². The molecule has 2 aromatic rings. The van der Waals surface area contributed by atoms with Gasteiger partial charge in [-0.3, -0.25) is 0 Å². The summed E-state index contributed by atoms with van der Waals surface area (Å²) in [5.74, 6) is 1.54. The second kappa shape index (κ2) is 5.59. The molecule has 1 aliphatic heterocycles. The molecule has 0 aliphatic carbocycles. The average molecular weight is 283 g/mol. The van der Waals surface area contributed by atoms with Gasteiger partial charge >= 0.3 is 0 Å². The molecule has 4 heteroatoms. The predicted octanol–water partition coefficient (Wildman–Crippen LogP) is 2.71. The topological polar surface area (TPSA) is 42.1 Å². The third kappa shape index (κ3) is 2.65. The Labute approximate surface area is 124 Å². The maximum atomic E-state index is 5.65. The zero-order valence-electron chi connectivity index (χ0n) is 11.2. The molecular formula is C16H17N3S. The molecule has 3 rings (SSSR count). The molecule has 1 aromatic carbocycles. The number of nitrogens with two attached hydrogens (primary N) is 1. The van der Waals surface area contributed by atoms with E-state index < -0.39 is 0 Å². The summed E-state index contributed by atoms with van der Waals surface area (Å²) < 4.78 is 0. The van der Waals surface area contributed by atoms with Gasteiger partial charge in [0.2, 0.25) is 0 Å². The molecule has 1 unspecified atom stereocenters. The van der Waals surface area contributed by atoms with E-state index >= 15 is 0 Å². The number of hydrogen-bond acceptors (Lipinski definition) is 3. The Morgan fingerprint density at radius 1 is 1.15 bits per heavy atom. The Morgan fingerprint density at radius 3 is 2.70 bits per heavy atom. The van der Waals surface area contributed by atoms with Crippen molar-refractivity contribution < 1.29 is 0 Å². The molecule has 0 spiro atoms. The van der Waals surface area contributed by atoms with Crippen molar-refractivity contribution in [1.82, 2.24) is 4.98 Å². The summed E-state index contributed by atoms with van der Waals surface area (Å²) >= 11 is 4.99. The van der Waals surface area contributed by atoms with Crippen LogP contribution >= 0.6 is 12.2 Å². The number of aromatic nitrogens is 1. The van der Waals surface area contributed by atoms with E-state index in [4.69, 9.17) is 18.0 Å². The quantitative estimate of drug-likeness (QED) is 0.880. The maximum Gasteiger partial charge on any atom is 0.129 e. The van der Waals surface area contributed by atoms with Crippen LogP contribution in [-0.2, 0) is 0 Å². The molecule has 20 heavy (non-hydrogen) atoms. The van der Waals surface area contributed by atoms with Crippen LogP contribution in [0.1, 0.15) is 23.6 Å². The average Bonchev–Trinajstić information content (AvgIpc) is 2.98. The first-order chi connectivity index (χ1) is 9.74. The van der Waals surface area contributed by atoms with E-state index in [1.54, 1.807) is 0 Å². The minimum Gasteiger partial charge on any atom is -0.388 e. The predicted molar refractivity (Wildman–Crippen MR) is 86.1 cm³/mol. The van der Waals surface area contributed by atoms with Gasteiger partial charge in [-0.25, -0.2) is 4.98 Å². The molecule has 2 heterocycles. The van der Waals surface area contributed by atoms with Crippen LogP contribution in [0, 0.1) is 0 Å². The van der Waals surface area contributed by atoms with Crippen molar-refractivity contribution in [1.29, 1.82) is 0 Å². The molecule has 2 N–H and O–H groups in total. The van der Waals surface area contributed by atoms with Crippen LogP contribution in [0.15, 0.2) is 48.5 Å². The molecule has 1 saturated heterocycles. The fraction of sp³-hybridized carbons (Fsp3) is 0.250. The second-order valence-corrected chi connectivity index (χ2v) is 5.53. The molecule has 1 atom stereocenters. The van der Waals surface area contributed by atoms with Crippen LogP contribution in [0.3, 0.4) is 0 Å². The Bertz CT molecular complexity index is 612. The lowest BCUT2D eigenvalue weighted by atomic mass is 9.99. The third-order valence-corrected chi connectivity index (χ3v) is 3.98. The van der Waals surface area contributed by atoms with Crippen molar-refractivity contribution in [3.8, 4) is 0 Å². The van der Waals surface area contributed by atoms with Gasteiger partial charge in [-0.15, -0.1) is 0 Å². The lowest BCUT2D eigenvalue weighted by Crippen LogP contribution is -2.22. The zero-order valence-corrected chi connectivity index (χ0v) is 12.0. The van der Waals surface area contributed by atoms with Crippen LogP contribution in [0.4, 0.5) is 5.82 Å². The maximum absolute atomic E-state index is 5.65. The summed E-state index contributed by atoms with van der Waals surface area (Å²) in [6, 6.07) is 16.5. The van der Waals surface area contributed by atoms with E-state index in [9.17, 15) is 0 Å². The van der Waals surface area contributed by atoms with E-state index in [2.05, 4.69) is 40.2 Å². The molecule has 0 amide bonds. The fourth-order valence-corrected chi connectivity index (χ4v) is 2.82. The van der Waals surface area contributed by atoms with Gasteiger partial charge in [-0.05, 0) is 24.1 Å². The smallest absolute Gasteiger partial charge is 0.129 e. The number of benzene rings is 1. The van der Waals surface area contributed by atoms with Crippen molar-refractivity contribution in [2.45, 2.75) is 12.3 Å². The summed E-state index contributed by atoms with van der Waals surface area (Å²) in [7, 11) is 0. The summed E-state index contributed by atoms with van der Waals surface area (Å²) in [5, 5.41) is 0. The first-order valence-corrected chi connectivity index (χ1v) is 7.21. The third-order valence-electron chi connectivity index (χ3n) is 3.77. The van der Waals surface area contributed by atoms with Crippen molar-refractivity contribution in [2.75, 3.05) is 18.0 Å². The van der Waals surface area contributed by atoms with Crippen LogP contribution < -0.4 is 10.6 Å². The molecule has 3 nitrogen and oxygen atoms in total. The van der Waals surface area contributed by atoms with Crippen molar-refractivity contribution in [2.24, 2.45) is 5.73 Å². The number of thiocarbonyl (C=S) groups is 1. The molecule has 1 aromatic heterocycles. The zero-order chi connectivity index (χ0) is 13.9. The van der Waals surface area contributed by atoms with Gasteiger partial charge in [0.15, 0.2) is 0 Å². The molecular weight excluding hydrogens is 266 g/mol. The number of nitrogens with zero attached hydrogens (tertiary/aromatic N) is 2. The lowest BCUT2D eigenvalue weighted by molar-refractivity contribution is 0.774. The minimum absolute atomic E-state index is 0.352. The van der Waals surface area contributed by atoms with Gasteiger partial charge in [0, 0.05) is 19.0 Å². The summed E-state index contributed by atoms with van der Waals surface area (Å²) in [6.45, 7) is 2.02. The van der Waals surface area contributed by atoms with Gasteiger partial charge < -0.3 is 10.6 Å². The Kier molecular flexibility index (Phi) is 3.65. The van der Waals surface area contributed by atoms with E-state index in [0.717, 1.165) is 25.3 Å². The highest BCUT2D eigenvalue weighted by Crippen LogP contribution is 2.29. The Morgan fingerprint density at radius 2 is 1.95 bits per heavy atom. The first-order valence-electron chi connectivity index (χ1n) is 6.81. The lowest BCUT2D eigenvalue weighted by Gasteiger charge is -2.18. The number of hydrogen-bond donors (Lipinski definition) is 1. The van der Waals surface area contributed by atoms with E-state index in [0.29, 0.717) is 16.6 Å². The SMILES string of the molecule is NC(=S)c1cccc(N2CCC(c3ccccc3)C2)n1. The van der Waals surface area contributed by atoms with Crippen molar-refractivity contribution >= 4 is 23.0 Å². The summed E-state index contributed by atoms with van der Waals surface area (Å²) in [6.07, 6.45) is 1.16. The summed E-state index contributed by atoms with van der Waals surface area (Å²) in [5.41, 5.74) is 7.75. The number of anilines is 1. The molecule has 102 valence electrons. The highest BCUT2D eigenvalue weighted by Gasteiger charge is 2.24. The summed E-state index contributed by atoms with van der Waals surface area (Å²) in [4.78, 5) is 7.20. The molecule has 0 bridgehead atoms. The number of pyridine rings is 1. The Hall–Kier alpha value is -1.94. The van der Waals surface area contributed by atoms with E-state index in [1.807, 2.05) is 18.2 Å².